The summed E-state index contributed by atoms with van der Waals surface area (Å²) < 4.78 is 21.4. The predicted octanol–water partition coefficient (Wildman–Crippen LogP) is 5.70. The summed E-state index contributed by atoms with van der Waals surface area (Å²) >= 11 is 0. The average molecular weight is 525 g/mol. The molecule has 0 radical (unpaired) electrons. The normalized spacial score (nSPS) is 21.1. The summed E-state index contributed by atoms with van der Waals surface area (Å²) in [5.41, 5.74) is 3.85. The minimum absolute atomic E-state index is 0.105. The number of nitrogens with zero attached hydrogens (tertiary/aromatic N) is 3. The van der Waals surface area contributed by atoms with E-state index >= 15 is 4.39 Å². The van der Waals surface area contributed by atoms with E-state index in [0.717, 1.165) is 80.0 Å². The van der Waals surface area contributed by atoms with Crippen LogP contribution in [0.4, 0.5) is 10.2 Å². The molecule has 0 amide bonds. The zero-order chi connectivity index (χ0) is 26.6. The fraction of sp³-hybridized carbons (Fsp3) is 0.633. The number of rotatable bonds is 12. The van der Waals surface area contributed by atoms with Crippen molar-refractivity contribution in [2.24, 2.45) is 5.92 Å². The quantitative estimate of drug-likeness (QED) is 0.345. The second-order valence-corrected chi connectivity index (χ2v) is 11.4. The first-order chi connectivity index (χ1) is 18.4. The van der Waals surface area contributed by atoms with Crippen molar-refractivity contribution in [2.45, 2.75) is 95.9 Å². The van der Waals surface area contributed by atoms with E-state index in [1.165, 1.54) is 5.56 Å². The number of ether oxygens (including phenoxy) is 1. The van der Waals surface area contributed by atoms with Gasteiger partial charge in [0.2, 0.25) is 0 Å². The van der Waals surface area contributed by atoms with Crippen molar-refractivity contribution in [1.82, 2.24) is 14.9 Å². The Morgan fingerprint density at radius 2 is 2.13 bits per heavy atom. The van der Waals surface area contributed by atoms with Crippen molar-refractivity contribution < 1.29 is 19.0 Å². The number of aryl methyl sites for hydroxylation is 1. The lowest BCUT2D eigenvalue weighted by Crippen LogP contribution is -2.34. The summed E-state index contributed by atoms with van der Waals surface area (Å²) in [6, 6.07) is 5.02. The molecule has 1 saturated heterocycles. The fourth-order valence-corrected chi connectivity index (χ4v) is 6.02. The van der Waals surface area contributed by atoms with Gasteiger partial charge >= 0.3 is 5.97 Å². The lowest BCUT2D eigenvalue weighted by molar-refractivity contribution is -0.143. The smallest absolute Gasteiger partial charge is 0.325 e. The molecule has 4 heterocycles. The first-order valence-corrected chi connectivity index (χ1v) is 14.4. The topological polar surface area (TPSA) is 87.6 Å². The molecule has 0 bridgehead atoms. The van der Waals surface area contributed by atoms with Crippen molar-refractivity contribution >= 4 is 11.8 Å². The number of pyridine rings is 2. The minimum atomic E-state index is -0.927. The van der Waals surface area contributed by atoms with Crippen LogP contribution in [0.25, 0.3) is 0 Å². The maximum Gasteiger partial charge on any atom is 0.325 e. The van der Waals surface area contributed by atoms with Crippen LogP contribution >= 0.6 is 0 Å². The second kappa shape index (κ2) is 12.0. The van der Waals surface area contributed by atoms with E-state index in [0.29, 0.717) is 31.8 Å². The minimum Gasteiger partial charge on any atom is -0.491 e. The van der Waals surface area contributed by atoms with Gasteiger partial charge in [-0.3, -0.25) is 14.7 Å². The number of hydrogen-bond donors (Lipinski definition) is 2. The number of anilines is 1. The lowest BCUT2D eigenvalue weighted by Gasteiger charge is -2.26. The molecule has 2 fully saturated rings. The molecule has 2 N–H and O–H groups in total. The van der Waals surface area contributed by atoms with E-state index in [1.54, 1.807) is 6.20 Å². The Labute approximate surface area is 225 Å². The number of hydrogen-bond acceptors (Lipinski definition) is 6. The van der Waals surface area contributed by atoms with Crippen LogP contribution in [0.5, 0.6) is 5.75 Å². The summed E-state index contributed by atoms with van der Waals surface area (Å²) in [6.07, 6.45) is 8.73. The van der Waals surface area contributed by atoms with Crippen molar-refractivity contribution in [1.29, 1.82) is 0 Å². The molecular weight excluding hydrogens is 483 g/mol. The van der Waals surface area contributed by atoms with Gasteiger partial charge in [0.25, 0.3) is 0 Å². The van der Waals surface area contributed by atoms with E-state index in [9.17, 15) is 9.90 Å². The standard InChI is InChI=1S/C30H41FN4O3/c1-19(2)38-26-17-22(34-29-23(26)8-5-15-33-29)7-3-4-10-25(31)21-13-16-35(18-21)28(30(36)37)24-9-6-14-32-27(24)20-11-12-20/h6,9,14,17,19-21,25,28H,3-5,7-8,10-13,15-16,18H2,1-2H3,(H,33,34)(H,36,37)/t21-,25-,28+/m1/s1. The number of halogens is 1. The van der Waals surface area contributed by atoms with Crippen molar-refractivity contribution in [2.75, 3.05) is 25.0 Å². The maximum absolute atomic E-state index is 15.3. The molecule has 3 atom stereocenters. The zero-order valence-electron chi connectivity index (χ0n) is 22.7. The number of aliphatic carboxylic acids is 1. The summed E-state index contributed by atoms with van der Waals surface area (Å²) in [5.74, 6) is 1.23. The largest absolute Gasteiger partial charge is 0.491 e. The Bertz CT molecular complexity index is 1120. The highest BCUT2D eigenvalue weighted by Gasteiger charge is 2.39. The van der Waals surface area contributed by atoms with E-state index in [2.05, 4.69) is 16.4 Å². The number of unbranched alkanes of at least 4 members (excludes halogenated alkanes) is 1. The van der Waals surface area contributed by atoms with Crippen LogP contribution in [-0.2, 0) is 17.6 Å². The SMILES string of the molecule is CC(C)Oc1cc(CCCC[C@@H](F)[C@@H]2CCN([C@H](C(=O)O)c3cccnc3C3CC3)C2)nc2c1CCCN2. The third-order valence-electron chi connectivity index (χ3n) is 8.05. The van der Waals surface area contributed by atoms with Gasteiger partial charge in [0.15, 0.2) is 0 Å². The van der Waals surface area contributed by atoms with Gasteiger partial charge in [-0.05, 0) is 77.8 Å². The van der Waals surface area contributed by atoms with Crippen LogP contribution < -0.4 is 10.1 Å². The Hall–Kier alpha value is -2.74. The number of nitrogens with one attached hydrogen (secondary N) is 1. The molecule has 8 heteroatoms. The molecule has 38 heavy (non-hydrogen) atoms. The van der Waals surface area contributed by atoms with E-state index in [1.807, 2.05) is 30.9 Å². The molecule has 2 aliphatic heterocycles. The number of fused-ring (bicyclic) bond motifs is 1. The molecule has 1 saturated carbocycles. The molecule has 0 unspecified atom stereocenters. The fourth-order valence-electron chi connectivity index (χ4n) is 6.02. The first kappa shape index (κ1) is 26.9. The monoisotopic (exact) mass is 524 g/mol. The molecule has 2 aromatic rings. The third-order valence-corrected chi connectivity index (χ3v) is 8.05. The molecule has 206 valence electrons. The highest BCUT2D eigenvalue weighted by Crippen LogP contribution is 2.43. The van der Waals surface area contributed by atoms with Gasteiger partial charge in [-0.2, -0.15) is 0 Å². The van der Waals surface area contributed by atoms with Crippen molar-refractivity contribution in [3.8, 4) is 5.75 Å². The van der Waals surface area contributed by atoms with Gasteiger partial charge in [-0.25, -0.2) is 9.37 Å². The molecule has 1 aliphatic carbocycles. The van der Waals surface area contributed by atoms with Crippen molar-refractivity contribution in [3.05, 3.63) is 46.9 Å². The zero-order valence-corrected chi connectivity index (χ0v) is 22.7. The molecule has 7 nitrogen and oxygen atoms in total. The summed E-state index contributed by atoms with van der Waals surface area (Å²) in [7, 11) is 0. The van der Waals surface area contributed by atoms with Crippen LogP contribution in [0.3, 0.4) is 0 Å². The second-order valence-electron chi connectivity index (χ2n) is 11.4. The van der Waals surface area contributed by atoms with Gasteiger partial charge in [-0.15, -0.1) is 0 Å². The van der Waals surface area contributed by atoms with Gasteiger partial charge in [0.05, 0.1) is 6.10 Å². The third kappa shape index (κ3) is 6.28. The number of aromatic nitrogens is 2. The van der Waals surface area contributed by atoms with Crippen LogP contribution in [-0.4, -0.2) is 57.9 Å². The molecular formula is C30H41FN4O3. The van der Waals surface area contributed by atoms with Crippen LogP contribution in [0, 0.1) is 5.92 Å². The van der Waals surface area contributed by atoms with E-state index < -0.39 is 18.2 Å². The van der Waals surface area contributed by atoms with Crippen LogP contribution in [0.15, 0.2) is 24.4 Å². The van der Waals surface area contributed by atoms with E-state index in [4.69, 9.17) is 9.72 Å². The molecule has 5 rings (SSSR count). The van der Waals surface area contributed by atoms with Crippen LogP contribution in [0.1, 0.15) is 93.3 Å². The summed E-state index contributed by atoms with van der Waals surface area (Å²) in [4.78, 5) is 23.6. The van der Waals surface area contributed by atoms with E-state index in [-0.39, 0.29) is 12.0 Å². The highest BCUT2D eigenvalue weighted by atomic mass is 19.1. The number of alkyl halides is 1. The maximum atomic E-state index is 15.3. The van der Waals surface area contributed by atoms with Crippen molar-refractivity contribution in [3.63, 3.8) is 0 Å². The highest BCUT2D eigenvalue weighted by molar-refractivity contribution is 5.76. The summed E-state index contributed by atoms with van der Waals surface area (Å²) in [5, 5.41) is 13.5. The Kier molecular flexibility index (Phi) is 8.46. The number of carboxylic acids is 1. The Balaban J connectivity index is 1.14. The van der Waals surface area contributed by atoms with Crippen LogP contribution in [0.2, 0.25) is 0 Å². The number of carboxylic acid groups (broad SMARTS) is 1. The Morgan fingerprint density at radius 1 is 1.29 bits per heavy atom. The average Bonchev–Trinajstić information content (AvgIpc) is 3.63. The molecule has 0 aromatic carbocycles. The van der Waals surface area contributed by atoms with Gasteiger partial charge in [0, 0.05) is 59.7 Å². The molecule has 0 spiro atoms. The Morgan fingerprint density at radius 3 is 2.89 bits per heavy atom. The van der Waals surface area contributed by atoms with Gasteiger partial charge in [0.1, 0.15) is 23.8 Å². The molecule has 3 aliphatic rings. The lowest BCUT2D eigenvalue weighted by atomic mass is 9.97. The van der Waals surface area contributed by atoms with Gasteiger partial charge < -0.3 is 15.2 Å². The first-order valence-electron chi connectivity index (χ1n) is 14.4. The predicted molar refractivity (Wildman–Crippen MR) is 146 cm³/mol. The van der Waals surface area contributed by atoms with Gasteiger partial charge in [-0.1, -0.05) is 12.5 Å². The number of likely N-dealkylation sites (tertiary alicyclic amines) is 1. The number of carbonyl (C=O) groups is 1. The molecule has 2 aromatic heterocycles. The summed E-state index contributed by atoms with van der Waals surface area (Å²) in [6.45, 7) is 6.08.